The number of carboxylic acid groups (broad SMARTS) is 1. The number of alkyl carbamates (subject to hydrolysis) is 1. The lowest BCUT2D eigenvalue weighted by Gasteiger charge is -2.22. The largest absolute Gasteiger partial charge is 0.481 e. The Morgan fingerprint density at radius 2 is 1.63 bits per heavy atom. The molecule has 0 aromatic heterocycles. The molecule has 1 unspecified atom stereocenters. The van der Waals surface area contributed by atoms with Crippen LogP contribution in [0.2, 0.25) is 0 Å². The highest BCUT2D eigenvalue weighted by molar-refractivity contribution is 5.80. The van der Waals surface area contributed by atoms with Gasteiger partial charge in [-0.2, -0.15) is 0 Å². The van der Waals surface area contributed by atoms with Crippen LogP contribution in [-0.4, -0.2) is 41.8 Å². The third kappa shape index (κ3) is 6.21. The molecule has 1 fully saturated rings. The number of hydrogen-bond donors (Lipinski definition) is 3. The summed E-state index contributed by atoms with van der Waals surface area (Å²) < 4.78 is 5.62. The number of benzene rings is 2. The maximum Gasteiger partial charge on any atom is 0.407 e. The van der Waals surface area contributed by atoms with E-state index in [0.717, 1.165) is 17.5 Å². The van der Waals surface area contributed by atoms with Crippen molar-refractivity contribution in [2.45, 2.75) is 57.4 Å². The molecule has 3 N–H and O–H groups in total. The van der Waals surface area contributed by atoms with E-state index in [1.165, 1.54) is 11.1 Å². The van der Waals surface area contributed by atoms with Gasteiger partial charge in [-0.15, -0.1) is 0 Å². The van der Waals surface area contributed by atoms with Crippen LogP contribution in [0.5, 0.6) is 0 Å². The monoisotopic (exact) mass is 478 g/mol. The molecular formula is C28H34N2O5. The number of carboxylic acids is 1. The first-order chi connectivity index (χ1) is 16.8. The predicted molar refractivity (Wildman–Crippen MR) is 133 cm³/mol. The third-order valence-electron chi connectivity index (χ3n) is 6.91. The molecule has 0 heterocycles. The molecule has 7 nitrogen and oxygen atoms in total. The average Bonchev–Trinajstić information content (AvgIpc) is 3.46. The fourth-order valence-corrected chi connectivity index (χ4v) is 5.18. The van der Waals surface area contributed by atoms with Crippen molar-refractivity contribution in [1.82, 2.24) is 10.6 Å². The predicted octanol–water partition coefficient (Wildman–Crippen LogP) is 4.70. The molecule has 0 radical (unpaired) electrons. The van der Waals surface area contributed by atoms with E-state index >= 15 is 0 Å². The second-order valence-electron chi connectivity index (χ2n) is 10.3. The molecule has 35 heavy (non-hydrogen) atoms. The SMILES string of the molecule is CC(C)CC(CNC(=O)OCC1c2ccccc2-c2ccccc21)CC(=O)NC1(CC(=O)O)CC1. The van der Waals surface area contributed by atoms with Gasteiger partial charge in [-0.25, -0.2) is 4.79 Å². The number of aliphatic carboxylic acids is 1. The van der Waals surface area contributed by atoms with E-state index in [2.05, 4.69) is 48.7 Å². The Morgan fingerprint density at radius 3 is 2.17 bits per heavy atom. The summed E-state index contributed by atoms with van der Waals surface area (Å²) in [4.78, 5) is 36.2. The van der Waals surface area contributed by atoms with Gasteiger partial charge in [0.25, 0.3) is 0 Å². The van der Waals surface area contributed by atoms with Gasteiger partial charge in [0.1, 0.15) is 6.61 Å². The first-order valence-corrected chi connectivity index (χ1v) is 12.4. The quantitative estimate of drug-likeness (QED) is 0.434. The highest BCUT2D eigenvalue weighted by Gasteiger charge is 2.45. The fourth-order valence-electron chi connectivity index (χ4n) is 5.18. The van der Waals surface area contributed by atoms with Crippen molar-refractivity contribution >= 4 is 18.0 Å². The molecule has 186 valence electrons. The summed E-state index contributed by atoms with van der Waals surface area (Å²) in [5, 5.41) is 14.8. The molecule has 2 aromatic carbocycles. The van der Waals surface area contributed by atoms with E-state index in [1.807, 2.05) is 24.3 Å². The third-order valence-corrected chi connectivity index (χ3v) is 6.91. The Labute approximate surface area is 206 Å². The van der Waals surface area contributed by atoms with E-state index in [0.29, 0.717) is 25.3 Å². The topological polar surface area (TPSA) is 105 Å². The van der Waals surface area contributed by atoms with Crippen molar-refractivity contribution in [2.75, 3.05) is 13.2 Å². The summed E-state index contributed by atoms with van der Waals surface area (Å²) >= 11 is 0. The van der Waals surface area contributed by atoms with E-state index in [-0.39, 0.29) is 37.2 Å². The summed E-state index contributed by atoms with van der Waals surface area (Å²) in [5.41, 5.74) is 4.08. The smallest absolute Gasteiger partial charge is 0.407 e. The van der Waals surface area contributed by atoms with Gasteiger partial charge in [0.2, 0.25) is 5.91 Å². The maximum absolute atomic E-state index is 12.6. The summed E-state index contributed by atoms with van der Waals surface area (Å²) in [6.07, 6.45) is 1.85. The van der Waals surface area contributed by atoms with Crippen LogP contribution in [0, 0.1) is 11.8 Å². The van der Waals surface area contributed by atoms with E-state index in [9.17, 15) is 14.4 Å². The lowest BCUT2D eigenvalue weighted by molar-refractivity contribution is -0.138. The van der Waals surface area contributed by atoms with Crippen molar-refractivity contribution in [1.29, 1.82) is 0 Å². The van der Waals surface area contributed by atoms with Crippen LogP contribution in [0.1, 0.15) is 63.0 Å². The first-order valence-electron chi connectivity index (χ1n) is 12.4. The van der Waals surface area contributed by atoms with Crippen molar-refractivity contribution < 1.29 is 24.2 Å². The van der Waals surface area contributed by atoms with Crippen LogP contribution in [0.15, 0.2) is 48.5 Å². The standard InChI is InChI=1S/C28H34N2O5/c1-18(2)13-19(14-25(31)30-28(11-12-28)15-26(32)33)16-29-27(34)35-17-24-22-9-5-3-7-20(22)21-8-4-6-10-23(21)24/h3-10,18-19,24H,11-17H2,1-2H3,(H,29,34)(H,30,31)(H,32,33). The molecule has 2 aromatic rings. The maximum atomic E-state index is 12.6. The fraction of sp³-hybridized carbons (Fsp3) is 0.464. The number of carbonyl (C=O) groups is 3. The molecule has 0 spiro atoms. The summed E-state index contributed by atoms with van der Waals surface area (Å²) in [6, 6.07) is 16.4. The highest BCUT2D eigenvalue weighted by Crippen LogP contribution is 2.44. The number of hydrogen-bond acceptors (Lipinski definition) is 4. The number of nitrogens with one attached hydrogen (secondary N) is 2. The summed E-state index contributed by atoms with van der Waals surface area (Å²) in [6.45, 7) is 4.72. The molecular weight excluding hydrogens is 444 g/mol. The normalized spacial score (nSPS) is 16.2. The number of amides is 2. The number of rotatable bonds is 11. The minimum Gasteiger partial charge on any atom is -0.481 e. The van der Waals surface area contributed by atoms with Gasteiger partial charge in [0.05, 0.1) is 12.0 Å². The Hall–Kier alpha value is -3.35. The van der Waals surface area contributed by atoms with Crippen molar-refractivity contribution in [3.05, 3.63) is 59.7 Å². The van der Waals surface area contributed by atoms with Crippen molar-refractivity contribution in [2.24, 2.45) is 11.8 Å². The number of fused-ring (bicyclic) bond motifs is 3. The first kappa shape index (κ1) is 24.8. The van der Waals surface area contributed by atoms with Gasteiger partial charge >= 0.3 is 12.1 Å². The zero-order valence-corrected chi connectivity index (χ0v) is 20.4. The Balaban J connectivity index is 1.30. The summed E-state index contributed by atoms with van der Waals surface area (Å²) in [7, 11) is 0. The van der Waals surface area contributed by atoms with E-state index in [1.54, 1.807) is 0 Å². The van der Waals surface area contributed by atoms with Crippen LogP contribution in [0.3, 0.4) is 0 Å². The Morgan fingerprint density at radius 1 is 1.03 bits per heavy atom. The van der Waals surface area contributed by atoms with Gasteiger partial charge in [-0.05, 0) is 53.4 Å². The van der Waals surface area contributed by atoms with Gasteiger partial charge in [0.15, 0.2) is 0 Å². The van der Waals surface area contributed by atoms with Crippen LogP contribution in [0.25, 0.3) is 11.1 Å². The molecule has 0 aliphatic heterocycles. The number of ether oxygens (including phenoxy) is 1. The second-order valence-corrected chi connectivity index (χ2v) is 10.3. The van der Waals surface area contributed by atoms with Gasteiger partial charge < -0.3 is 20.5 Å². The lowest BCUT2D eigenvalue weighted by Crippen LogP contribution is -2.40. The van der Waals surface area contributed by atoms with Gasteiger partial charge in [-0.3, -0.25) is 9.59 Å². The van der Waals surface area contributed by atoms with Crippen molar-refractivity contribution in [3.8, 4) is 11.1 Å². The average molecular weight is 479 g/mol. The Kier molecular flexibility index (Phi) is 7.43. The summed E-state index contributed by atoms with van der Waals surface area (Å²) in [5.74, 6) is -0.779. The second kappa shape index (κ2) is 10.5. The highest BCUT2D eigenvalue weighted by atomic mass is 16.5. The van der Waals surface area contributed by atoms with Crippen LogP contribution < -0.4 is 10.6 Å². The molecule has 2 amide bonds. The van der Waals surface area contributed by atoms with Crippen LogP contribution in [-0.2, 0) is 14.3 Å². The zero-order chi connectivity index (χ0) is 25.0. The molecule has 2 aliphatic rings. The Bertz CT molecular complexity index is 1050. The van der Waals surface area contributed by atoms with Crippen LogP contribution in [0.4, 0.5) is 4.79 Å². The minimum absolute atomic E-state index is 0.00523. The molecule has 1 atom stereocenters. The van der Waals surface area contributed by atoms with Gasteiger partial charge in [-0.1, -0.05) is 62.4 Å². The van der Waals surface area contributed by atoms with E-state index < -0.39 is 17.6 Å². The molecule has 7 heteroatoms. The van der Waals surface area contributed by atoms with Crippen LogP contribution >= 0.6 is 0 Å². The minimum atomic E-state index is -0.904. The number of carbonyl (C=O) groups excluding carboxylic acids is 2. The van der Waals surface area contributed by atoms with Gasteiger partial charge in [0, 0.05) is 18.9 Å². The lowest BCUT2D eigenvalue weighted by atomic mass is 9.93. The molecule has 0 bridgehead atoms. The molecule has 0 saturated heterocycles. The molecule has 4 rings (SSSR count). The van der Waals surface area contributed by atoms with Crippen molar-refractivity contribution in [3.63, 3.8) is 0 Å². The van der Waals surface area contributed by atoms with E-state index in [4.69, 9.17) is 9.84 Å². The zero-order valence-electron chi connectivity index (χ0n) is 20.4. The molecule has 1 saturated carbocycles. The molecule has 2 aliphatic carbocycles.